The van der Waals surface area contributed by atoms with Gasteiger partial charge in [-0.05, 0) is 41.5 Å². The molecule has 2 aromatic rings. The van der Waals surface area contributed by atoms with Gasteiger partial charge >= 0.3 is 0 Å². The molecule has 0 fully saturated rings. The summed E-state index contributed by atoms with van der Waals surface area (Å²) in [4.78, 5) is 10.0. The van der Waals surface area contributed by atoms with Crippen molar-refractivity contribution in [1.82, 2.24) is 0 Å². The normalized spacial score (nSPS) is 11.7. The van der Waals surface area contributed by atoms with Gasteiger partial charge in [0, 0.05) is 22.6 Å². The minimum atomic E-state index is -3.43. The quantitative estimate of drug-likeness (QED) is 0.613. The summed E-state index contributed by atoms with van der Waals surface area (Å²) < 4.78 is 24.0. The fourth-order valence-corrected chi connectivity index (χ4v) is 2.99. The molecule has 22 heavy (non-hydrogen) atoms. The average molecular weight is 338 g/mol. The van der Waals surface area contributed by atoms with Gasteiger partial charge in [-0.25, -0.2) is 8.42 Å². The number of nitro benzene ring substituents is 1. The lowest BCUT2D eigenvalue weighted by molar-refractivity contribution is -0.384. The van der Waals surface area contributed by atoms with Crippen LogP contribution >= 0.6 is 11.6 Å². The second kappa shape index (κ2) is 6.72. The Morgan fingerprint density at radius 3 is 2.18 bits per heavy atom. The maximum absolute atomic E-state index is 12.0. The van der Waals surface area contributed by atoms with Crippen LogP contribution in [0.1, 0.15) is 11.1 Å². The van der Waals surface area contributed by atoms with Crippen molar-refractivity contribution in [1.29, 1.82) is 0 Å². The van der Waals surface area contributed by atoms with Crippen molar-refractivity contribution in [3.63, 3.8) is 0 Å². The lowest BCUT2D eigenvalue weighted by Gasteiger charge is -2.00. The smallest absolute Gasteiger partial charge is 0.258 e. The standard InChI is InChI=1S/C15H12ClNO4S/c16-14-5-1-13(2-6-14)11-22(20,21)10-9-12-3-7-15(8-4-12)17(18)19/h1-10H,11H2/b10-9+. The highest BCUT2D eigenvalue weighted by molar-refractivity contribution is 7.93. The number of hydrogen-bond donors (Lipinski definition) is 0. The molecule has 0 aliphatic carbocycles. The number of sulfone groups is 1. The van der Waals surface area contributed by atoms with Crippen molar-refractivity contribution in [2.75, 3.05) is 0 Å². The lowest BCUT2D eigenvalue weighted by Crippen LogP contribution is -1.99. The van der Waals surface area contributed by atoms with E-state index in [0.717, 1.165) is 5.41 Å². The molecule has 0 radical (unpaired) electrons. The summed E-state index contributed by atoms with van der Waals surface area (Å²) in [6, 6.07) is 12.2. The molecule has 0 spiro atoms. The fraction of sp³-hybridized carbons (Fsp3) is 0.0667. The zero-order valence-corrected chi connectivity index (χ0v) is 12.9. The molecule has 0 unspecified atom stereocenters. The number of hydrogen-bond acceptors (Lipinski definition) is 4. The van der Waals surface area contributed by atoms with E-state index in [4.69, 9.17) is 11.6 Å². The molecule has 0 aliphatic rings. The van der Waals surface area contributed by atoms with Gasteiger partial charge in [0.05, 0.1) is 10.7 Å². The van der Waals surface area contributed by atoms with Gasteiger partial charge in [-0.2, -0.15) is 0 Å². The molecular weight excluding hydrogens is 326 g/mol. The Morgan fingerprint density at radius 1 is 1.05 bits per heavy atom. The maximum atomic E-state index is 12.0. The molecule has 0 atom stereocenters. The molecule has 2 rings (SSSR count). The second-order valence-electron chi connectivity index (χ2n) is 4.59. The van der Waals surface area contributed by atoms with Crippen LogP contribution in [0.25, 0.3) is 6.08 Å². The Hall–Kier alpha value is -2.18. The first kappa shape index (κ1) is 16.2. The molecule has 0 aliphatic heterocycles. The predicted octanol–water partition coefficient (Wildman–Crippen LogP) is 3.83. The third kappa shape index (κ3) is 4.68. The van der Waals surface area contributed by atoms with Crippen LogP contribution in [0.15, 0.2) is 53.9 Å². The van der Waals surface area contributed by atoms with E-state index in [0.29, 0.717) is 16.1 Å². The Labute approximate surface area is 132 Å². The van der Waals surface area contributed by atoms with Gasteiger partial charge in [0.2, 0.25) is 0 Å². The molecule has 5 nitrogen and oxygen atoms in total. The molecule has 2 aromatic carbocycles. The van der Waals surface area contributed by atoms with Crippen molar-refractivity contribution in [3.8, 4) is 0 Å². The topological polar surface area (TPSA) is 77.3 Å². The van der Waals surface area contributed by atoms with Gasteiger partial charge in [0.25, 0.3) is 5.69 Å². The number of benzene rings is 2. The molecule has 0 saturated heterocycles. The van der Waals surface area contributed by atoms with Crippen LogP contribution in [-0.4, -0.2) is 13.3 Å². The third-order valence-electron chi connectivity index (χ3n) is 2.85. The highest BCUT2D eigenvalue weighted by Crippen LogP contribution is 2.16. The first-order valence-corrected chi connectivity index (χ1v) is 8.35. The molecule has 0 amide bonds. The Bertz CT molecular complexity index is 796. The minimum Gasteiger partial charge on any atom is -0.258 e. The van der Waals surface area contributed by atoms with Crippen LogP contribution in [0.3, 0.4) is 0 Å². The van der Waals surface area contributed by atoms with E-state index in [1.165, 1.54) is 30.3 Å². The SMILES string of the molecule is O=[N+]([O-])c1ccc(/C=C/S(=O)(=O)Cc2ccc(Cl)cc2)cc1. The van der Waals surface area contributed by atoms with E-state index >= 15 is 0 Å². The Balaban J connectivity index is 2.10. The summed E-state index contributed by atoms with van der Waals surface area (Å²) in [6.07, 6.45) is 1.41. The van der Waals surface area contributed by atoms with Gasteiger partial charge < -0.3 is 0 Å². The number of non-ortho nitro benzene ring substituents is 1. The highest BCUT2D eigenvalue weighted by atomic mass is 35.5. The molecule has 7 heteroatoms. The van der Waals surface area contributed by atoms with Crippen molar-refractivity contribution >= 4 is 33.2 Å². The van der Waals surface area contributed by atoms with Crippen LogP contribution in [0, 0.1) is 10.1 Å². The van der Waals surface area contributed by atoms with Gasteiger partial charge in [-0.3, -0.25) is 10.1 Å². The zero-order chi connectivity index (χ0) is 16.2. The Morgan fingerprint density at radius 2 is 1.64 bits per heavy atom. The van der Waals surface area contributed by atoms with Crippen LogP contribution in [0.4, 0.5) is 5.69 Å². The zero-order valence-electron chi connectivity index (χ0n) is 11.3. The van der Waals surface area contributed by atoms with Gasteiger partial charge in [0.1, 0.15) is 0 Å². The summed E-state index contributed by atoms with van der Waals surface area (Å²) in [5.41, 5.74) is 1.17. The summed E-state index contributed by atoms with van der Waals surface area (Å²) in [5.74, 6) is -0.131. The van der Waals surface area contributed by atoms with Gasteiger partial charge in [-0.15, -0.1) is 0 Å². The van der Waals surface area contributed by atoms with Crippen molar-refractivity contribution in [3.05, 3.63) is 80.2 Å². The first-order chi connectivity index (χ1) is 10.4. The van der Waals surface area contributed by atoms with Crippen LogP contribution in [0.5, 0.6) is 0 Å². The summed E-state index contributed by atoms with van der Waals surface area (Å²) in [7, 11) is -3.43. The molecular formula is C15H12ClNO4S. The maximum Gasteiger partial charge on any atom is 0.269 e. The average Bonchev–Trinajstić information content (AvgIpc) is 2.48. The number of nitro groups is 1. The largest absolute Gasteiger partial charge is 0.269 e. The van der Waals surface area contributed by atoms with E-state index in [-0.39, 0.29) is 11.4 Å². The van der Waals surface area contributed by atoms with Crippen molar-refractivity contribution in [2.24, 2.45) is 0 Å². The molecule has 114 valence electrons. The second-order valence-corrected chi connectivity index (χ2v) is 6.91. The van der Waals surface area contributed by atoms with Gasteiger partial charge in [-0.1, -0.05) is 23.7 Å². The number of rotatable bonds is 5. The van der Waals surface area contributed by atoms with Crippen molar-refractivity contribution < 1.29 is 13.3 Å². The lowest BCUT2D eigenvalue weighted by atomic mass is 10.2. The molecule has 0 heterocycles. The van der Waals surface area contributed by atoms with E-state index in [1.54, 1.807) is 24.3 Å². The predicted molar refractivity (Wildman–Crippen MR) is 86.2 cm³/mol. The van der Waals surface area contributed by atoms with Crippen LogP contribution < -0.4 is 0 Å². The third-order valence-corrected chi connectivity index (χ3v) is 4.39. The molecule has 0 N–H and O–H groups in total. The molecule has 0 saturated carbocycles. The fourth-order valence-electron chi connectivity index (χ4n) is 1.75. The summed E-state index contributed by atoms with van der Waals surface area (Å²) in [5, 5.41) is 12.2. The van der Waals surface area contributed by atoms with E-state index in [9.17, 15) is 18.5 Å². The van der Waals surface area contributed by atoms with Gasteiger partial charge in [0.15, 0.2) is 9.84 Å². The van der Waals surface area contributed by atoms with E-state index in [2.05, 4.69) is 0 Å². The van der Waals surface area contributed by atoms with E-state index < -0.39 is 14.8 Å². The summed E-state index contributed by atoms with van der Waals surface area (Å²) in [6.45, 7) is 0. The molecule has 0 aromatic heterocycles. The van der Waals surface area contributed by atoms with E-state index in [1.807, 2.05) is 0 Å². The minimum absolute atomic E-state index is 0.0406. The van der Waals surface area contributed by atoms with Crippen molar-refractivity contribution in [2.45, 2.75) is 5.75 Å². The monoisotopic (exact) mass is 337 g/mol. The Kier molecular flexibility index (Phi) is 4.95. The number of nitrogens with zero attached hydrogens (tertiary/aromatic N) is 1. The van der Waals surface area contributed by atoms with Crippen LogP contribution in [-0.2, 0) is 15.6 Å². The number of halogens is 1. The summed E-state index contributed by atoms with van der Waals surface area (Å²) >= 11 is 5.75. The van der Waals surface area contributed by atoms with Crippen LogP contribution in [0.2, 0.25) is 5.02 Å². The molecule has 0 bridgehead atoms. The highest BCUT2D eigenvalue weighted by Gasteiger charge is 2.08. The first-order valence-electron chi connectivity index (χ1n) is 6.25.